The van der Waals surface area contributed by atoms with Crippen LogP contribution in [0.15, 0.2) is 12.1 Å². The van der Waals surface area contributed by atoms with Crippen molar-refractivity contribution in [3.63, 3.8) is 0 Å². The summed E-state index contributed by atoms with van der Waals surface area (Å²) < 4.78 is 1.16. The summed E-state index contributed by atoms with van der Waals surface area (Å²) in [6, 6.07) is 6.63. The topological polar surface area (TPSA) is 12.9 Å². The van der Waals surface area contributed by atoms with Gasteiger partial charge >= 0.3 is 70.5 Å². The first kappa shape index (κ1) is 8.10. The molecule has 3 heteroatoms. The summed E-state index contributed by atoms with van der Waals surface area (Å²) in [5.74, 6) is 0. The molecule has 0 atom stereocenters. The number of aromatic nitrogens is 1. The van der Waals surface area contributed by atoms with Gasteiger partial charge in [-0.25, -0.2) is 0 Å². The van der Waals surface area contributed by atoms with E-state index in [1.165, 1.54) is 0 Å². The van der Waals surface area contributed by atoms with Crippen molar-refractivity contribution in [2.75, 3.05) is 0 Å². The molecule has 1 heterocycles. The average molecular weight is 217 g/mol. The van der Waals surface area contributed by atoms with Gasteiger partial charge in [0.1, 0.15) is 0 Å². The van der Waals surface area contributed by atoms with Crippen molar-refractivity contribution in [1.29, 1.82) is 0 Å². The molecule has 0 aliphatic carbocycles. The standard InChI is InChI=1S/C7H8AsClN/c1-8(2)6-4-3-5-7(9)10-6/h3-4H,1-2H3. The minimum atomic E-state index is -0.833. The SMILES string of the molecule is C[As](C)c1cc[c]c(Cl)n1. The van der Waals surface area contributed by atoms with Gasteiger partial charge in [0, 0.05) is 0 Å². The summed E-state index contributed by atoms with van der Waals surface area (Å²) in [6.07, 6.45) is 0. The average Bonchev–Trinajstić information content (AvgIpc) is 1.88. The predicted octanol–water partition coefficient (Wildman–Crippen LogP) is 1.50. The Morgan fingerprint density at radius 1 is 1.60 bits per heavy atom. The van der Waals surface area contributed by atoms with Crippen molar-refractivity contribution in [3.05, 3.63) is 23.4 Å². The number of nitrogens with zero attached hydrogens (tertiary/aromatic N) is 1. The zero-order chi connectivity index (χ0) is 7.56. The van der Waals surface area contributed by atoms with Crippen LogP contribution in [0.3, 0.4) is 0 Å². The van der Waals surface area contributed by atoms with Crippen molar-refractivity contribution < 1.29 is 0 Å². The molecule has 1 nitrogen and oxygen atoms in total. The molecule has 0 N–H and O–H groups in total. The second-order valence-corrected chi connectivity index (χ2v) is 7.21. The van der Waals surface area contributed by atoms with Gasteiger partial charge in [-0.3, -0.25) is 0 Å². The van der Waals surface area contributed by atoms with Crippen molar-refractivity contribution in [2.45, 2.75) is 11.4 Å². The van der Waals surface area contributed by atoms with Gasteiger partial charge in [0.05, 0.1) is 0 Å². The molecule has 0 aliphatic rings. The van der Waals surface area contributed by atoms with Crippen LogP contribution in [0.1, 0.15) is 0 Å². The van der Waals surface area contributed by atoms with Crippen molar-refractivity contribution >= 4 is 30.7 Å². The van der Waals surface area contributed by atoms with Crippen LogP contribution in [-0.2, 0) is 0 Å². The second-order valence-electron chi connectivity index (χ2n) is 2.13. The molecule has 10 heavy (non-hydrogen) atoms. The Morgan fingerprint density at radius 2 is 2.30 bits per heavy atom. The van der Waals surface area contributed by atoms with E-state index in [4.69, 9.17) is 11.6 Å². The molecule has 1 rings (SSSR count). The summed E-state index contributed by atoms with van der Waals surface area (Å²) in [5, 5.41) is 0.487. The van der Waals surface area contributed by atoms with Gasteiger partial charge in [-0.2, -0.15) is 0 Å². The zero-order valence-electron chi connectivity index (χ0n) is 5.93. The molecule has 1 radical (unpaired) electrons. The monoisotopic (exact) mass is 216 g/mol. The van der Waals surface area contributed by atoms with Crippen molar-refractivity contribution in [3.8, 4) is 0 Å². The Labute approximate surface area is 70.7 Å². The quantitative estimate of drug-likeness (QED) is 0.512. The maximum atomic E-state index is 5.65. The van der Waals surface area contributed by atoms with Gasteiger partial charge < -0.3 is 0 Å². The molecule has 0 saturated heterocycles. The first-order valence-electron chi connectivity index (χ1n) is 2.91. The molecule has 0 spiro atoms. The van der Waals surface area contributed by atoms with Crippen LogP contribution in [0.2, 0.25) is 16.6 Å². The maximum absolute atomic E-state index is 5.65. The van der Waals surface area contributed by atoms with E-state index in [0.29, 0.717) is 5.15 Å². The summed E-state index contributed by atoms with van der Waals surface area (Å²) in [7, 11) is 0. The van der Waals surface area contributed by atoms with Crippen molar-refractivity contribution in [2.24, 2.45) is 0 Å². The molecular formula is C7H8AsClN. The normalized spacial score (nSPS) is 10.4. The molecule has 0 amide bonds. The Balaban J connectivity index is 2.96. The number of hydrogen-bond acceptors (Lipinski definition) is 1. The van der Waals surface area contributed by atoms with Gasteiger partial charge in [0.25, 0.3) is 0 Å². The third-order valence-corrected chi connectivity index (χ3v) is 3.74. The number of rotatable bonds is 1. The van der Waals surface area contributed by atoms with Crippen LogP contribution in [0.5, 0.6) is 0 Å². The fourth-order valence-electron chi connectivity index (χ4n) is 0.604. The van der Waals surface area contributed by atoms with E-state index in [1.54, 1.807) is 0 Å². The van der Waals surface area contributed by atoms with Crippen LogP contribution in [-0.4, -0.2) is 19.6 Å². The van der Waals surface area contributed by atoms with E-state index in [0.717, 1.165) is 4.48 Å². The molecule has 0 fully saturated rings. The van der Waals surface area contributed by atoms with Gasteiger partial charge in [0.15, 0.2) is 0 Å². The van der Waals surface area contributed by atoms with Gasteiger partial charge in [-0.05, 0) is 0 Å². The van der Waals surface area contributed by atoms with Crippen LogP contribution >= 0.6 is 11.6 Å². The number of hydrogen-bond donors (Lipinski definition) is 0. The Bertz CT molecular complexity index is 225. The Hall–Kier alpha value is -0.00156. The minimum absolute atomic E-state index is 0.487. The predicted molar refractivity (Wildman–Crippen MR) is 45.2 cm³/mol. The van der Waals surface area contributed by atoms with E-state index in [-0.39, 0.29) is 0 Å². The molecular weight excluding hydrogens is 208 g/mol. The van der Waals surface area contributed by atoms with Crippen LogP contribution < -0.4 is 4.48 Å². The van der Waals surface area contributed by atoms with Gasteiger partial charge in [-0.15, -0.1) is 0 Å². The molecule has 0 bridgehead atoms. The van der Waals surface area contributed by atoms with Crippen LogP contribution in [0.4, 0.5) is 0 Å². The van der Waals surface area contributed by atoms with E-state index < -0.39 is 14.7 Å². The molecule has 0 saturated carbocycles. The first-order valence-corrected chi connectivity index (χ1v) is 7.98. The van der Waals surface area contributed by atoms with Crippen molar-refractivity contribution in [1.82, 2.24) is 4.98 Å². The number of halogens is 1. The summed E-state index contributed by atoms with van der Waals surface area (Å²) in [6.45, 7) is 0. The summed E-state index contributed by atoms with van der Waals surface area (Å²) >= 11 is 4.81. The Morgan fingerprint density at radius 3 is 2.70 bits per heavy atom. The number of pyridine rings is 1. The Kier molecular flexibility index (Phi) is 2.76. The summed E-state index contributed by atoms with van der Waals surface area (Å²) in [4.78, 5) is 4.15. The molecule has 1 aromatic rings. The van der Waals surface area contributed by atoms with E-state index in [9.17, 15) is 0 Å². The summed E-state index contributed by atoms with van der Waals surface area (Å²) in [5.41, 5.74) is 4.46. The molecule has 53 valence electrons. The van der Waals surface area contributed by atoms with Crippen LogP contribution in [0.25, 0.3) is 0 Å². The second kappa shape index (κ2) is 3.41. The van der Waals surface area contributed by atoms with E-state index in [1.807, 2.05) is 12.1 Å². The van der Waals surface area contributed by atoms with Gasteiger partial charge in [0.2, 0.25) is 0 Å². The van der Waals surface area contributed by atoms with E-state index in [2.05, 4.69) is 22.5 Å². The van der Waals surface area contributed by atoms with Gasteiger partial charge in [-0.1, -0.05) is 0 Å². The van der Waals surface area contributed by atoms with Crippen LogP contribution in [0, 0.1) is 6.07 Å². The fourth-order valence-corrected chi connectivity index (χ4v) is 2.30. The first-order chi connectivity index (χ1) is 4.70. The zero-order valence-corrected chi connectivity index (χ0v) is 8.56. The van der Waals surface area contributed by atoms with E-state index >= 15 is 0 Å². The third-order valence-electron chi connectivity index (χ3n) is 1.11. The fraction of sp³-hybridized carbons (Fsp3) is 0.286. The molecule has 0 aliphatic heterocycles. The molecule has 0 aromatic carbocycles. The molecule has 0 unspecified atom stereocenters. The third kappa shape index (κ3) is 2.00. The molecule has 1 aromatic heterocycles.